The topological polar surface area (TPSA) is 85.8 Å². The van der Waals surface area contributed by atoms with Gasteiger partial charge >= 0.3 is 0 Å². The molecule has 0 aliphatic rings. The van der Waals surface area contributed by atoms with Crippen molar-refractivity contribution in [2.24, 2.45) is 7.05 Å². The Morgan fingerprint density at radius 2 is 2.03 bits per heavy atom. The number of hydrogen-bond donors (Lipinski definition) is 1. The largest absolute Gasteiger partial charge is 0.361 e. The lowest BCUT2D eigenvalue weighted by atomic mass is 10.2. The Balaban J connectivity index is 1.48. The summed E-state index contributed by atoms with van der Waals surface area (Å²) in [5, 5.41) is 7.62. The molecule has 0 atom stereocenters. The molecule has 0 spiro atoms. The van der Waals surface area contributed by atoms with Crippen LogP contribution in [0.25, 0.3) is 11.0 Å². The second-order valence-corrected chi connectivity index (χ2v) is 7.67. The molecule has 0 fully saturated rings. The molecule has 148 valence electrons. The van der Waals surface area contributed by atoms with Crippen molar-refractivity contribution in [1.29, 1.82) is 0 Å². The van der Waals surface area contributed by atoms with Crippen molar-refractivity contribution >= 4 is 28.7 Å². The van der Waals surface area contributed by atoms with E-state index >= 15 is 0 Å². The minimum Gasteiger partial charge on any atom is -0.361 e. The van der Waals surface area contributed by atoms with Gasteiger partial charge in [-0.15, -0.1) is 11.8 Å². The number of para-hydroxylation sites is 2. The van der Waals surface area contributed by atoms with E-state index in [1.807, 2.05) is 49.7 Å². The molecule has 0 unspecified atom stereocenters. The van der Waals surface area contributed by atoms with Gasteiger partial charge in [0.1, 0.15) is 16.6 Å². The standard InChI is InChI=1S/C21H21N5O2S/c1-13-16(14(2)28-25-13)12-29-21-15(7-6-10-22-21)20(27)23-11-19-24-17-8-4-5-9-18(17)26(19)3/h4-10H,11-12H2,1-3H3,(H,23,27). The first-order chi connectivity index (χ1) is 14.0. The van der Waals surface area contributed by atoms with Crippen molar-refractivity contribution in [3.63, 3.8) is 0 Å². The van der Waals surface area contributed by atoms with E-state index in [1.165, 1.54) is 11.8 Å². The van der Waals surface area contributed by atoms with Crippen LogP contribution in [-0.2, 0) is 19.3 Å². The monoisotopic (exact) mass is 407 g/mol. The Labute approximate surface area is 172 Å². The van der Waals surface area contributed by atoms with Gasteiger partial charge in [-0.25, -0.2) is 9.97 Å². The number of fused-ring (bicyclic) bond motifs is 1. The Morgan fingerprint density at radius 3 is 2.79 bits per heavy atom. The molecule has 1 N–H and O–H groups in total. The third kappa shape index (κ3) is 3.88. The molecule has 29 heavy (non-hydrogen) atoms. The fourth-order valence-electron chi connectivity index (χ4n) is 3.14. The molecule has 4 rings (SSSR count). The van der Waals surface area contributed by atoms with Crippen molar-refractivity contribution in [2.45, 2.75) is 31.2 Å². The summed E-state index contributed by atoms with van der Waals surface area (Å²) in [7, 11) is 1.95. The first-order valence-electron chi connectivity index (χ1n) is 9.22. The van der Waals surface area contributed by atoms with Crippen molar-refractivity contribution in [3.8, 4) is 0 Å². The van der Waals surface area contributed by atoms with Gasteiger partial charge in [-0.2, -0.15) is 0 Å². The Hall–Kier alpha value is -3.13. The molecule has 0 radical (unpaired) electrons. The molecule has 0 aliphatic carbocycles. The van der Waals surface area contributed by atoms with E-state index in [0.717, 1.165) is 33.9 Å². The van der Waals surface area contributed by atoms with Crippen molar-refractivity contribution in [2.75, 3.05) is 0 Å². The van der Waals surface area contributed by atoms with Crippen LogP contribution in [0.4, 0.5) is 0 Å². The van der Waals surface area contributed by atoms with Gasteiger partial charge in [0, 0.05) is 24.6 Å². The maximum Gasteiger partial charge on any atom is 0.254 e. The van der Waals surface area contributed by atoms with Crippen LogP contribution >= 0.6 is 11.8 Å². The average Bonchev–Trinajstić information content (AvgIpc) is 3.23. The minimum atomic E-state index is -0.175. The van der Waals surface area contributed by atoms with Crippen LogP contribution in [0.15, 0.2) is 52.1 Å². The number of carbonyl (C=O) groups excluding carboxylic acids is 1. The van der Waals surface area contributed by atoms with Gasteiger partial charge in [0.25, 0.3) is 5.91 Å². The molecular weight excluding hydrogens is 386 g/mol. The van der Waals surface area contributed by atoms with E-state index in [0.29, 0.717) is 22.9 Å². The van der Waals surface area contributed by atoms with Gasteiger partial charge in [-0.05, 0) is 38.1 Å². The summed E-state index contributed by atoms with van der Waals surface area (Å²) in [6, 6.07) is 11.5. The average molecular weight is 407 g/mol. The highest BCUT2D eigenvalue weighted by atomic mass is 32.2. The Bertz CT molecular complexity index is 1160. The van der Waals surface area contributed by atoms with Crippen LogP contribution in [0.5, 0.6) is 0 Å². The van der Waals surface area contributed by atoms with Crippen LogP contribution in [0.3, 0.4) is 0 Å². The van der Waals surface area contributed by atoms with Gasteiger partial charge < -0.3 is 14.4 Å². The van der Waals surface area contributed by atoms with Crippen LogP contribution in [-0.4, -0.2) is 25.6 Å². The molecule has 0 aliphatic heterocycles. The number of thioether (sulfide) groups is 1. The molecule has 3 aromatic heterocycles. The molecular formula is C21H21N5O2S. The number of imidazole rings is 1. The van der Waals surface area contributed by atoms with E-state index in [1.54, 1.807) is 18.3 Å². The SMILES string of the molecule is Cc1noc(C)c1CSc1ncccc1C(=O)NCc1nc2ccccc2n1C. The van der Waals surface area contributed by atoms with E-state index in [9.17, 15) is 4.79 Å². The lowest BCUT2D eigenvalue weighted by Gasteiger charge is -2.09. The molecule has 1 aromatic carbocycles. The summed E-state index contributed by atoms with van der Waals surface area (Å²) in [4.78, 5) is 21.8. The predicted molar refractivity (Wildman–Crippen MR) is 112 cm³/mol. The third-order valence-corrected chi connectivity index (χ3v) is 5.87. The molecule has 0 saturated heterocycles. The fraction of sp³-hybridized carbons (Fsp3) is 0.238. The van der Waals surface area contributed by atoms with Crippen LogP contribution in [0.2, 0.25) is 0 Å². The number of carbonyl (C=O) groups is 1. The van der Waals surface area contributed by atoms with Crippen LogP contribution in [0, 0.1) is 13.8 Å². The molecule has 3 heterocycles. The second-order valence-electron chi connectivity index (χ2n) is 6.71. The first kappa shape index (κ1) is 19.2. The van der Waals surface area contributed by atoms with E-state index < -0.39 is 0 Å². The fourth-order valence-corrected chi connectivity index (χ4v) is 4.28. The summed E-state index contributed by atoms with van der Waals surface area (Å²) in [6.45, 7) is 4.14. The number of rotatable bonds is 6. The van der Waals surface area contributed by atoms with Gasteiger partial charge in [0.05, 0.1) is 28.8 Å². The number of nitrogens with zero attached hydrogens (tertiary/aromatic N) is 4. The number of hydrogen-bond acceptors (Lipinski definition) is 6. The van der Waals surface area contributed by atoms with Crippen molar-refractivity contribution in [3.05, 3.63) is 71.0 Å². The number of nitrogens with one attached hydrogen (secondary N) is 1. The number of aromatic nitrogens is 4. The lowest BCUT2D eigenvalue weighted by molar-refractivity contribution is 0.0946. The van der Waals surface area contributed by atoms with Crippen LogP contribution < -0.4 is 5.32 Å². The third-order valence-electron chi connectivity index (χ3n) is 4.84. The summed E-state index contributed by atoms with van der Waals surface area (Å²) in [5.74, 6) is 2.06. The summed E-state index contributed by atoms with van der Waals surface area (Å²) in [5.41, 5.74) is 4.39. The summed E-state index contributed by atoms with van der Waals surface area (Å²) in [6.07, 6.45) is 1.69. The minimum absolute atomic E-state index is 0.175. The molecule has 7 nitrogen and oxygen atoms in total. The Kier molecular flexibility index (Phi) is 5.35. The van der Waals surface area contributed by atoms with Crippen molar-refractivity contribution in [1.82, 2.24) is 25.0 Å². The van der Waals surface area contributed by atoms with Crippen LogP contribution in [0.1, 0.15) is 33.2 Å². The molecule has 8 heteroatoms. The Morgan fingerprint density at radius 1 is 1.21 bits per heavy atom. The number of amides is 1. The zero-order valence-electron chi connectivity index (χ0n) is 16.5. The highest BCUT2D eigenvalue weighted by molar-refractivity contribution is 7.98. The van der Waals surface area contributed by atoms with Gasteiger partial charge in [0.15, 0.2) is 0 Å². The number of pyridine rings is 1. The molecule has 1 amide bonds. The van der Waals surface area contributed by atoms with E-state index in [4.69, 9.17) is 4.52 Å². The second kappa shape index (κ2) is 8.08. The quantitative estimate of drug-likeness (QED) is 0.490. The molecule has 0 bridgehead atoms. The highest BCUT2D eigenvalue weighted by Crippen LogP contribution is 2.27. The lowest BCUT2D eigenvalue weighted by Crippen LogP contribution is -2.25. The van der Waals surface area contributed by atoms with Crippen molar-refractivity contribution < 1.29 is 9.32 Å². The summed E-state index contributed by atoms with van der Waals surface area (Å²) >= 11 is 1.50. The highest BCUT2D eigenvalue weighted by Gasteiger charge is 2.16. The predicted octanol–water partition coefficient (Wildman–Crippen LogP) is 3.80. The van der Waals surface area contributed by atoms with Gasteiger partial charge in [-0.1, -0.05) is 17.3 Å². The number of benzene rings is 1. The number of aryl methyl sites for hydroxylation is 3. The summed E-state index contributed by atoms with van der Waals surface area (Å²) < 4.78 is 7.20. The molecule has 4 aromatic rings. The van der Waals surface area contributed by atoms with E-state index in [-0.39, 0.29) is 5.91 Å². The van der Waals surface area contributed by atoms with E-state index in [2.05, 4.69) is 20.4 Å². The zero-order valence-corrected chi connectivity index (χ0v) is 17.3. The maximum atomic E-state index is 12.8. The molecule has 0 saturated carbocycles. The van der Waals surface area contributed by atoms with Gasteiger partial charge in [-0.3, -0.25) is 4.79 Å². The maximum absolute atomic E-state index is 12.8. The smallest absolute Gasteiger partial charge is 0.254 e. The normalized spacial score (nSPS) is 11.1. The zero-order chi connectivity index (χ0) is 20.4. The first-order valence-corrected chi connectivity index (χ1v) is 10.2. The van der Waals surface area contributed by atoms with Gasteiger partial charge in [0.2, 0.25) is 0 Å².